The molecule has 1 aliphatic rings. The zero-order valence-electron chi connectivity index (χ0n) is 11.0. The maximum atomic E-state index is 12.8. The zero-order valence-corrected chi connectivity index (χ0v) is 9.03. The van der Waals surface area contributed by atoms with Gasteiger partial charge in [0, 0.05) is 28.9 Å². The summed E-state index contributed by atoms with van der Waals surface area (Å²) in [7, 11) is 0. The Morgan fingerprint density at radius 3 is 2.94 bits per heavy atom. The van der Waals surface area contributed by atoms with Crippen molar-refractivity contribution in [3.8, 4) is 0 Å². The molecule has 1 atom stereocenters. The Labute approximate surface area is 97.8 Å². The van der Waals surface area contributed by atoms with E-state index in [1.54, 1.807) is 17.0 Å². The van der Waals surface area contributed by atoms with Crippen molar-refractivity contribution in [1.82, 2.24) is 4.90 Å². The Hall–Kier alpha value is -0.970. The molecule has 88 valence electrons. The third-order valence-electron chi connectivity index (χ3n) is 2.58. The Kier molecular flexibility index (Phi) is 3.06. The summed E-state index contributed by atoms with van der Waals surface area (Å²) < 4.78 is 33.9. The van der Waals surface area contributed by atoms with Crippen LogP contribution in [-0.2, 0) is 11.3 Å². The minimum absolute atomic E-state index is 0.00998. The summed E-state index contributed by atoms with van der Waals surface area (Å²) >= 11 is 0. The molecule has 0 bridgehead atoms. The summed E-state index contributed by atoms with van der Waals surface area (Å²) in [4.78, 5) is 1.68. The number of ether oxygens (including phenoxy) is 1. The van der Waals surface area contributed by atoms with Gasteiger partial charge in [0.25, 0.3) is 0 Å². The number of nitrogens with zero attached hydrogens (tertiary/aromatic N) is 1. The first-order chi connectivity index (χ1) is 8.51. The lowest BCUT2D eigenvalue weighted by molar-refractivity contribution is -0.0260. The first-order valence-corrected chi connectivity index (χ1v) is 5.32. The maximum absolute atomic E-state index is 12.8. The molecule has 1 aromatic rings. The predicted octanol–water partition coefficient (Wildman–Crippen LogP) is 0.985. The number of halogens is 1. The van der Waals surface area contributed by atoms with Crippen molar-refractivity contribution in [2.75, 3.05) is 26.2 Å². The zero-order chi connectivity index (χ0) is 13.2. The van der Waals surface area contributed by atoms with Gasteiger partial charge in [0.15, 0.2) is 0 Å². The summed E-state index contributed by atoms with van der Waals surface area (Å²) in [6.45, 7) is -0.264. The van der Waals surface area contributed by atoms with Gasteiger partial charge >= 0.3 is 0 Å². The van der Waals surface area contributed by atoms with Crippen molar-refractivity contribution in [1.29, 1.82) is 0 Å². The van der Waals surface area contributed by atoms with E-state index in [2.05, 4.69) is 0 Å². The third-order valence-corrected chi connectivity index (χ3v) is 2.58. The number of rotatable bonds is 3. The fraction of sp³-hybridized carbons (Fsp3) is 0.500. The standard InChI is InChI=1S/C12H17FN2O/c13-11-3-1-10(2-4-11)8-15-5-6-16-12(7-14)9-15/h1-4,12H,5-9,14H2/i5D2. The van der Waals surface area contributed by atoms with Crippen molar-refractivity contribution < 1.29 is 11.9 Å². The second-order valence-electron chi connectivity index (χ2n) is 3.83. The van der Waals surface area contributed by atoms with Crippen molar-refractivity contribution in [2.45, 2.75) is 12.6 Å². The average molecular weight is 226 g/mol. The Balaban J connectivity index is 2.07. The highest BCUT2D eigenvalue weighted by Gasteiger charge is 2.18. The van der Waals surface area contributed by atoms with E-state index in [1.807, 2.05) is 0 Å². The molecule has 3 nitrogen and oxygen atoms in total. The number of hydrogen-bond acceptors (Lipinski definition) is 3. The topological polar surface area (TPSA) is 38.5 Å². The molecule has 0 radical (unpaired) electrons. The fourth-order valence-electron chi connectivity index (χ4n) is 1.68. The molecule has 1 fully saturated rings. The van der Waals surface area contributed by atoms with Crippen molar-refractivity contribution >= 4 is 0 Å². The van der Waals surface area contributed by atoms with Crippen LogP contribution < -0.4 is 5.73 Å². The SMILES string of the molecule is [2H]C1([2H])COC(CN)CN1Cc1ccc(F)cc1. The first kappa shape index (κ1) is 9.10. The second-order valence-corrected chi connectivity index (χ2v) is 3.83. The molecule has 2 rings (SSSR count). The van der Waals surface area contributed by atoms with E-state index in [1.165, 1.54) is 12.1 Å². The summed E-state index contributed by atoms with van der Waals surface area (Å²) in [5.41, 5.74) is 6.42. The van der Waals surface area contributed by atoms with Gasteiger partial charge in [-0.05, 0) is 17.7 Å². The van der Waals surface area contributed by atoms with Crippen molar-refractivity contribution in [3.05, 3.63) is 35.6 Å². The van der Waals surface area contributed by atoms with Crippen LogP contribution in [0.4, 0.5) is 4.39 Å². The van der Waals surface area contributed by atoms with Crippen LogP contribution in [0.15, 0.2) is 24.3 Å². The Bertz CT molecular complexity index is 400. The highest BCUT2D eigenvalue weighted by Crippen LogP contribution is 2.10. The monoisotopic (exact) mass is 226 g/mol. The fourth-order valence-corrected chi connectivity index (χ4v) is 1.68. The van der Waals surface area contributed by atoms with Crippen LogP contribution in [0, 0.1) is 5.82 Å². The van der Waals surface area contributed by atoms with E-state index in [-0.39, 0.29) is 18.5 Å². The van der Waals surface area contributed by atoms with Crippen LogP contribution in [0.2, 0.25) is 0 Å². The van der Waals surface area contributed by atoms with Crippen LogP contribution >= 0.6 is 0 Å². The quantitative estimate of drug-likeness (QED) is 0.835. The van der Waals surface area contributed by atoms with Crippen LogP contribution in [0.5, 0.6) is 0 Å². The van der Waals surface area contributed by atoms with E-state index < -0.39 is 6.50 Å². The molecule has 0 spiro atoms. The molecule has 4 heteroatoms. The highest BCUT2D eigenvalue weighted by molar-refractivity contribution is 5.15. The van der Waals surface area contributed by atoms with Crippen molar-refractivity contribution in [2.24, 2.45) is 5.73 Å². The van der Waals surface area contributed by atoms with E-state index in [4.69, 9.17) is 13.2 Å². The molecule has 1 aliphatic heterocycles. The smallest absolute Gasteiger partial charge is 0.123 e. The Morgan fingerprint density at radius 1 is 1.50 bits per heavy atom. The van der Waals surface area contributed by atoms with Gasteiger partial charge in [-0.15, -0.1) is 0 Å². The molecular formula is C12H17FN2O. The molecule has 1 aromatic carbocycles. The van der Waals surface area contributed by atoms with Crippen LogP contribution in [0.25, 0.3) is 0 Å². The predicted molar refractivity (Wildman–Crippen MR) is 60.5 cm³/mol. The summed E-state index contributed by atoms with van der Waals surface area (Å²) in [5, 5.41) is 0. The van der Waals surface area contributed by atoms with Gasteiger partial charge in [-0.3, -0.25) is 4.90 Å². The van der Waals surface area contributed by atoms with E-state index in [9.17, 15) is 4.39 Å². The molecule has 1 heterocycles. The largest absolute Gasteiger partial charge is 0.374 e. The van der Waals surface area contributed by atoms with Gasteiger partial charge in [0.2, 0.25) is 0 Å². The molecule has 0 amide bonds. The number of hydrogen-bond donors (Lipinski definition) is 1. The minimum atomic E-state index is -1.51. The molecular weight excluding hydrogens is 207 g/mol. The lowest BCUT2D eigenvalue weighted by Crippen LogP contribution is -2.45. The summed E-state index contributed by atoms with van der Waals surface area (Å²) in [6.07, 6.45) is -0.144. The van der Waals surface area contributed by atoms with E-state index in [0.717, 1.165) is 5.56 Å². The minimum Gasteiger partial charge on any atom is -0.374 e. The highest BCUT2D eigenvalue weighted by atomic mass is 19.1. The van der Waals surface area contributed by atoms with Gasteiger partial charge < -0.3 is 10.5 Å². The molecule has 16 heavy (non-hydrogen) atoms. The Morgan fingerprint density at radius 2 is 2.25 bits per heavy atom. The molecule has 1 saturated heterocycles. The lowest BCUT2D eigenvalue weighted by Gasteiger charge is -2.32. The van der Waals surface area contributed by atoms with E-state index in [0.29, 0.717) is 19.6 Å². The summed E-state index contributed by atoms with van der Waals surface area (Å²) in [6, 6.07) is 6.09. The molecule has 1 unspecified atom stereocenters. The molecule has 0 saturated carbocycles. The maximum Gasteiger partial charge on any atom is 0.123 e. The number of morpholine rings is 1. The van der Waals surface area contributed by atoms with Crippen LogP contribution in [0.3, 0.4) is 0 Å². The van der Waals surface area contributed by atoms with Crippen LogP contribution in [0.1, 0.15) is 8.30 Å². The lowest BCUT2D eigenvalue weighted by atomic mass is 10.2. The van der Waals surface area contributed by atoms with Crippen LogP contribution in [-0.4, -0.2) is 37.2 Å². The van der Waals surface area contributed by atoms with Gasteiger partial charge in [-0.1, -0.05) is 12.1 Å². The normalized spacial score (nSPS) is 27.2. The molecule has 0 aromatic heterocycles. The van der Waals surface area contributed by atoms with Gasteiger partial charge in [0.1, 0.15) is 5.82 Å². The molecule has 2 N–H and O–H groups in total. The number of nitrogens with two attached hydrogens (primary N) is 1. The van der Waals surface area contributed by atoms with Crippen molar-refractivity contribution in [3.63, 3.8) is 0 Å². The van der Waals surface area contributed by atoms with Gasteiger partial charge in [0.05, 0.1) is 12.7 Å². The second kappa shape index (κ2) is 5.39. The summed E-state index contributed by atoms with van der Waals surface area (Å²) in [5.74, 6) is -0.288. The third kappa shape index (κ3) is 3.01. The number of benzene rings is 1. The molecule has 0 aliphatic carbocycles. The van der Waals surface area contributed by atoms with Gasteiger partial charge in [-0.25, -0.2) is 4.39 Å². The van der Waals surface area contributed by atoms with E-state index >= 15 is 0 Å². The van der Waals surface area contributed by atoms with Gasteiger partial charge in [-0.2, -0.15) is 0 Å². The average Bonchev–Trinajstić information content (AvgIpc) is 2.34. The first-order valence-electron chi connectivity index (χ1n) is 6.32.